The molecular formula is C13H20N2O3. The van der Waals surface area contributed by atoms with Gasteiger partial charge >= 0.3 is 5.97 Å². The summed E-state index contributed by atoms with van der Waals surface area (Å²) in [5.41, 5.74) is -0.614. The first-order valence-electron chi connectivity index (χ1n) is 6.28. The molecule has 1 fully saturated rings. The average molecular weight is 252 g/mol. The SMILES string of the molecule is C#CCC(NC(=O)C1(CCC)CCCN1)C(=O)O. The first kappa shape index (κ1) is 14.5. The average Bonchev–Trinajstić information content (AvgIpc) is 2.78. The fourth-order valence-electron chi connectivity index (χ4n) is 2.37. The van der Waals surface area contributed by atoms with E-state index in [1.807, 2.05) is 6.92 Å². The highest BCUT2D eigenvalue weighted by Gasteiger charge is 2.41. The normalized spacial score (nSPS) is 24.2. The summed E-state index contributed by atoms with van der Waals surface area (Å²) >= 11 is 0. The maximum Gasteiger partial charge on any atom is 0.327 e. The van der Waals surface area contributed by atoms with Crippen molar-refractivity contribution in [2.24, 2.45) is 0 Å². The van der Waals surface area contributed by atoms with Gasteiger partial charge < -0.3 is 15.7 Å². The van der Waals surface area contributed by atoms with Crippen molar-refractivity contribution in [2.45, 2.75) is 50.6 Å². The number of rotatable bonds is 6. The second-order valence-corrected chi connectivity index (χ2v) is 4.63. The quantitative estimate of drug-likeness (QED) is 0.602. The lowest BCUT2D eigenvalue weighted by Gasteiger charge is -2.29. The molecule has 2 unspecified atom stereocenters. The van der Waals surface area contributed by atoms with E-state index < -0.39 is 17.6 Å². The number of terminal acetylenes is 1. The van der Waals surface area contributed by atoms with Gasteiger partial charge in [-0.15, -0.1) is 12.3 Å². The molecule has 1 heterocycles. The minimum atomic E-state index is -1.09. The number of carbonyl (C=O) groups is 2. The Labute approximate surface area is 107 Å². The van der Waals surface area contributed by atoms with Crippen LogP contribution in [0.25, 0.3) is 0 Å². The maximum absolute atomic E-state index is 12.2. The molecule has 3 N–H and O–H groups in total. The van der Waals surface area contributed by atoms with Gasteiger partial charge in [-0.05, 0) is 25.8 Å². The Balaban J connectivity index is 2.72. The fourth-order valence-corrected chi connectivity index (χ4v) is 2.37. The summed E-state index contributed by atoms with van der Waals surface area (Å²) in [5, 5.41) is 14.7. The van der Waals surface area contributed by atoms with Crippen LogP contribution < -0.4 is 10.6 Å². The molecular weight excluding hydrogens is 232 g/mol. The Morgan fingerprint density at radius 1 is 1.61 bits per heavy atom. The number of carboxylic acids is 1. The molecule has 5 heteroatoms. The van der Waals surface area contributed by atoms with Crippen LogP contribution in [0.3, 0.4) is 0 Å². The number of hydrogen-bond donors (Lipinski definition) is 3. The fraction of sp³-hybridized carbons (Fsp3) is 0.692. The van der Waals surface area contributed by atoms with Gasteiger partial charge in [-0.1, -0.05) is 13.3 Å². The van der Waals surface area contributed by atoms with Gasteiger partial charge in [-0.2, -0.15) is 0 Å². The van der Waals surface area contributed by atoms with Crippen molar-refractivity contribution in [3.05, 3.63) is 0 Å². The summed E-state index contributed by atoms with van der Waals surface area (Å²) in [6.07, 6.45) is 8.36. The van der Waals surface area contributed by atoms with E-state index in [4.69, 9.17) is 11.5 Å². The van der Waals surface area contributed by atoms with E-state index in [1.54, 1.807) is 0 Å². The zero-order valence-corrected chi connectivity index (χ0v) is 10.7. The number of carboxylic acid groups (broad SMARTS) is 1. The smallest absolute Gasteiger partial charge is 0.327 e. The highest BCUT2D eigenvalue weighted by atomic mass is 16.4. The van der Waals surface area contributed by atoms with Crippen molar-refractivity contribution in [1.82, 2.24) is 10.6 Å². The van der Waals surface area contributed by atoms with Crippen molar-refractivity contribution in [3.8, 4) is 12.3 Å². The molecule has 1 aliphatic heterocycles. The molecule has 0 bridgehead atoms. The summed E-state index contributed by atoms with van der Waals surface area (Å²) in [6, 6.07) is -1.00. The van der Waals surface area contributed by atoms with E-state index in [9.17, 15) is 9.59 Å². The van der Waals surface area contributed by atoms with Gasteiger partial charge in [0.2, 0.25) is 5.91 Å². The topological polar surface area (TPSA) is 78.4 Å². The lowest BCUT2D eigenvalue weighted by Crippen LogP contribution is -2.57. The maximum atomic E-state index is 12.2. The molecule has 1 amide bonds. The molecule has 1 rings (SSSR count). The molecule has 1 saturated heterocycles. The Bertz CT molecular complexity index is 354. The number of nitrogens with one attached hydrogen (secondary N) is 2. The third-order valence-electron chi connectivity index (χ3n) is 3.28. The van der Waals surface area contributed by atoms with E-state index in [0.29, 0.717) is 6.42 Å². The molecule has 0 spiro atoms. The van der Waals surface area contributed by atoms with Gasteiger partial charge in [-0.3, -0.25) is 4.79 Å². The molecule has 0 aromatic rings. The largest absolute Gasteiger partial charge is 0.480 e. The highest BCUT2D eigenvalue weighted by Crippen LogP contribution is 2.25. The standard InChI is InChI=1S/C13H20N2O3/c1-3-6-10(11(16)17)15-12(18)13(7-4-2)8-5-9-14-13/h1,10,14H,4-9H2,2H3,(H,15,18)(H,16,17). The predicted octanol–water partition coefficient (Wildman–Crippen LogP) is 0.501. The second kappa shape index (κ2) is 6.41. The lowest BCUT2D eigenvalue weighted by molar-refractivity contribution is -0.142. The van der Waals surface area contributed by atoms with Gasteiger partial charge in [0.25, 0.3) is 0 Å². The van der Waals surface area contributed by atoms with Gasteiger partial charge in [0.05, 0.1) is 5.54 Å². The second-order valence-electron chi connectivity index (χ2n) is 4.63. The molecule has 2 atom stereocenters. The van der Waals surface area contributed by atoms with Crippen molar-refractivity contribution < 1.29 is 14.7 Å². The van der Waals surface area contributed by atoms with E-state index in [2.05, 4.69) is 16.6 Å². The van der Waals surface area contributed by atoms with Gasteiger partial charge in [0.1, 0.15) is 6.04 Å². The Morgan fingerprint density at radius 3 is 2.78 bits per heavy atom. The highest BCUT2D eigenvalue weighted by molar-refractivity contribution is 5.90. The number of hydrogen-bond acceptors (Lipinski definition) is 3. The third-order valence-corrected chi connectivity index (χ3v) is 3.28. The minimum Gasteiger partial charge on any atom is -0.480 e. The van der Waals surface area contributed by atoms with Gasteiger partial charge in [0, 0.05) is 6.42 Å². The zero-order chi connectivity index (χ0) is 13.6. The molecule has 100 valence electrons. The van der Waals surface area contributed by atoms with Crippen molar-refractivity contribution in [3.63, 3.8) is 0 Å². The van der Waals surface area contributed by atoms with Gasteiger partial charge in [-0.25, -0.2) is 4.79 Å². The molecule has 0 aromatic heterocycles. The monoisotopic (exact) mass is 252 g/mol. The van der Waals surface area contributed by atoms with Crippen LogP contribution in [0.15, 0.2) is 0 Å². The van der Waals surface area contributed by atoms with E-state index in [0.717, 1.165) is 25.8 Å². The molecule has 18 heavy (non-hydrogen) atoms. The van der Waals surface area contributed by atoms with Crippen molar-refractivity contribution in [1.29, 1.82) is 0 Å². The summed E-state index contributed by atoms with van der Waals surface area (Å²) in [6.45, 7) is 2.80. The lowest BCUT2D eigenvalue weighted by atomic mass is 9.90. The van der Waals surface area contributed by atoms with E-state index in [1.165, 1.54) is 0 Å². The van der Waals surface area contributed by atoms with Crippen LogP contribution in [-0.2, 0) is 9.59 Å². The Hall–Kier alpha value is -1.54. The van der Waals surface area contributed by atoms with Crippen molar-refractivity contribution in [2.75, 3.05) is 6.54 Å². The van der Waals surface area contributed by atoms with Crippen LogP contribution in [-0.4, -0.2) is 35.1 Å². The molecule has 1 aliphatic rings. The summed E-state index contributed by atoms with van der Waals surface area (Å²) in [4.78, 5) is 23.2. The molecule has 0 aliphatic carbocycles. The molecule has 0 saturated carbocycles. The van der Waals surface area contributed by atoms with Crippen LogP contribution in [0.2, 0.25) is 0 Å². The Kier molecular flexibility index (Phi) is 5.17. The first-order valence-corrected chi connectivity index (χ1v) is 6.28. The number of amides is 1. The van der Waals surface area contributed by atoms with Crippen LogP contribution >= 0.6 is 0 Å². The zero-order valence-electron chi connectivity index (χ0n) is 10.7. The molecule has 0 aromatic carbocycles. The predicted molar refractivity (Wildman–Crippen MR) is 67.9 cm³/mol. The summed E-state index contributed by atoms with van der Waals surface area (Å²) < 4.78 is 0. The number of aliphatic carboxylic acids is 1. The minimum absolute atomic E-state index is 0.00325. The van der Waals surface area contributed by atoms with E-state index >= 15 is 0 Å². The van der Waals surface area contributed by atoms with Gasteiger partial charge in [0.15, 0.2) is 0 Å². The van der Waals surface area contributed by atoms with E-state index in [-0.39, 0.29) is 12.3 Å². The molecule has 5 nitrogen and oxygen atoms in total. The Morgan fingerprint density at radius 2 is 2.33 bits per heavy atom. The summed E-state index contributed by atoms with van der Waals surface area (Å²) in [7, 11) is 0. The molecule has 0 radical (unpaired) electrons. The van der Waals surface area contributed by atoms with Crippen LogP contribution in [0.4, 0.5) is 0 Å². The first-order chi connectivity index (χ1) is 8.55. The van der Waals surface area contributed by atoms with Crippen molar-refractivity contribution >= 4 is 11.9 Å². The van der Waals surface area contributed by atoms with Crippen LogP contribution in [0, 0.1) is 12.3 Å². The third kappa shape index (κ3) is 3.23. The number of carbonyl (C=O) groups excluding carboxylic acids is 1. The summed E-state index contributed by atoms with van der Waals surface area (Å²) in [5.74, 6) is 0.936. The van der Waals surface area contributed by atoms with Crippen LogP contribution in [0.5, 0.6) is 0 Å². The van der Waals surface area contributed by atoms with Crippen LogP contribution in [0.1, 0.15) is 39.0 Å².